The zero-order valence-electron chi connectivity index (χ0n) is 17.8. The normalized spacial score (nSPS) is 11.7. The van der Waals surface area contributed by atoms with E-state index in [1.54, 1.807) is 31.5 Å². The molecule has 0 spiro atoms. The molecule has 0 aliphatic carbocycles. The van der Waals surface area contributed by atoms with Crippen molar-refractivity contribution in [1.29, 1.82) is 0 Å². The number of halogens is 1. The number of rotatable bonds is 7. The highest BCUT2D eigenvalue weighted by molar-refractivity contribution is 5.88. The third-order valence-electron chi connectivity index (χ3n) is 5.28. The standard InChI is InChI=1S/C26H23FN2O3/c1-17(18-8-9-20-14-23(31-2)11-10-19(20)13-18)25(30)29-16-21-5-4-12-28-26(21)32-24-7-3-6-22(27)15-24/h3-15,17H,16H2,1-2H3,(H,29,30)/t17-/m0/s1. The van der Waals surface area contributed by atoms with Crippen molar-refractivity contribution < 1.29 is 18.7 Å². The van der Waals surface area contributed by atoms with Crippen molar-refractivity contribution in [3.05, 3.63) is 95.9 Å². The molecule has 4 rings (SSSR count). The number of amides is 1. The Morgan fingerprint density at radius 2 is 1.81 bits per heavy atom. The van der Waals surface area contributed by atoms with Crippen LogP contribution in [0.4, 0.5) is 4.39 Å². The number of carbonyl (C=O) groups excluding carboxylic acids is 1. The first kappa shape index (κ1) is 21.3. The fourth-order valence-corrected chi connectivity index (χ4v) is 3.42. The molecule has 0 saturated heterocycles. The summed E-state index contributed by atoms with van der Waals surface area (Å²) in [6, 6.07) is 21.2. The molecule has 1 heterocycles. The molecular formula is C26H23FN2O3. The number of carbonyl (C=O) groups is 1. The lowest BCUT2D eigenvalue weighted by molar-refractivity contribution is -0.122. The molecular weight excluding hydrogens is 407 g/mol. The Morgan fingerprint density at radius 1 is 1.00 bits per heavy atom. The summed E-state index contributed by atoms with van der Waals surface area (Å²) < 4.78 is 24.4. The molecule has 6 heteroatoms. The van der Waals surface area contributed by atoms with Gasteiger partial charge in [-0.2, -0.15) is 0 Å². The highest BCUT2D eigenvalue weighted by atomic mass is 19.1. The number of hydrogen-bond acceptors (Lipinski definition) is 4. The molecule has 32 heavy (non-hydrogen) atoms. The Bertz CT molecular complexity index is 1260. The van der Waals surface area contributed by atoms with Gasteiger partial charge in [-0.3, -0.25) is 4.79 Å². The van der Waals surface area contributed by atoms with Gasteiger partial charge in [-0.25, -0.2) is 9.37 Å². The molecule has 5 nitrogen and oxygen atoms in total. The van der Waals surface area contributed by atoms with E-state index >= 15 is 0 Å². The van der Waals surface area contributed by atoms with Crippen molar-refractivity contribution in [3.63, 3.8) is 0 Å². The molecule has 4 aromatic rings. The summed E-state index contributed by atoms with van der Waals surface area (Å²) in [7, 11) is 1.64. The van der Waals surface area contributed by atoms with Crippen LogP contribution in [0.2, 0.25) is 0 Å². The van der Waals surface area contributed by atoms with Crippen molar-refractivity contribution >= 4 is 16.7 Å². The lowest BCUT2D eigenvalue weighted by Gasteiger charge is -2.15. The maximum Gasteiger partial charge on any atom is 0.227 e. The summed E-state index contributed by atoms with van der Waals surface area (Å²) in [6.45, 7) is 2.11. The Hall–Kier alpha value is -3.93. The number of fused-ring (bicyclic) bond motifs is 1. The average molecular weight is 430 g/mol. The Labute approximate surface area is 185 Å². The van der Waals surface area contributed by atoms with Gasteiger partial charge in [-0.15, -0.1) is 0 Å². The van der Waals surface area contributed by atoms with Crippen LogP contribution in [0.1, 0.15) is 24.0 Å². The predicted octanol–water partition coefficient (Wildman–Crippen LogP) is 5.59. The minimum atomic E-state index is -0.393. The van der Waals surface area contributed by atoms with E-state index in [1.165, 1.54) is 12.1 Å². The SMILES string of the molecule is COc1ccc2cc([C@H](C)C(=O)NCc3cccnc3Oc3cccc(F)c3)ccc2c1. The van der Waals surface area contributed by atoms with E-state index in [0.29, 0.717) is 17.2 Å². The Kier molecular flexibility index (Phi) is 6.31. The van der Waals surface area contributed by atoms with E-state index in [9.17, 15) is 9.18 Å². The molecule has 0 aliphatic heterocycles. The number of aromatic nitrogens is 1. The summed E-state index contributed by atoms with van der Waals surface area (Å²) >= 11 is 0. The van der Waals surface area contributed by atoms with Crippen molar-refractivity contribution in [3.8, 4) is 17.4 Å². The zero-order valence-corrected chi connectivity index (χ0v) is 17.8. The highest BCUT2D eigenvalue weighted by Gasteiger charge is 2.17. The zero-order chi connectivity index (χ0) is 22.5. The number of pyridine rings is 1. The lowest BCUT2D eigenvalue weighted by Crippen LogP contribution is -2.27. The summed E-state index contributed by atoms with van der Waals surface area (Å²) in [5.41, 5.74) is 1.62. The van der Waals surface area contributed by atoms with Gasteiger partial charge in [0, 0.05) is 24.4 Å². The molecule has 0 unspecified atom stereocenters. The first-order chi connectivity index (χ1) is 15.5. The van der Waals surface area contributed by atoms with Crippen molar-refractivity contribution in [2.24, 2.45) is 0 Å². The van der Waals surface area contributed by atoms with Crippen LogP contribution in [0.25, 0.3) is 10.8 Å². The smallest absolute Gasteiger partial charge is 0.227 e. The van der Waals surface area contributed by atoms with Gasteiger partial charge < -0.3 is 14.8 Å². The van der Waals surface area contributed by atoms with E-state index in [4.69, 9.17) is 9.47 Å². The first-order valence-electron chi connectivity index (χ1n) is 10.3. The van der Waals surface area contributed by atoms with E-state index in [2.05, 4.69) is 10.3 Å². The quantitative estimate of drug-likeness (QED) is 0.415. The summed E-state index contributed by atoms with van der Waals surface area (Å²) in [5.74, 6) is 0.618. The largest absolute Gasteiger partial charge is 0.497 e. The topological polar surface area (TPSA) is 60.5 Å². The number of benzene rings is 3. The fraction of sp³-hybridized carbons (Fsp3) is 0.154. The van der Waals surface area contributed by atoms with Crippen LogP contribution in [-0.2, 0) is 11.3 Å². The number of nitrogens with zero attached hydrogens (tertiary/aromatic N) is 1. The van der Waals surface area contributed by atoms with Crippen molar-refractivity contribution in [2.45, 2.75) is 19.4 Å². The van der Waals surface area contributed by atoms with E-state index in [1.807, 2.05) is 49.4 Å². The fourth-order valence-electron chi connectivity index (χ4n) is 3.42. The predicted molar refractivity (Wildman–Crippen MR) is 121 cm³/mol. The van der Waals surface area contributed by atoms with Crippen LogP contribution in [0.15, 0.2) is 79.0 Å². The second-order valence-electron chi connectivity index (χ2n) is 7.44. The molecule has 0 aliphatic rings. The molecule has 1 aromatic heterocycles. The third-order valence-corrected chi connectivity index (χ3v) is 5.28. The summed E-state index contributed by atoms with van der Waals surface area (Å²) in [5, 5.41) is 5.04. The van der Waals surface area contributed by atoms with E-state index in [-0.39, 0.29) is 18.4 Å². The van der Waals surface area contributed by atoms with Gasteiger partial charge in [0.05, 0.1) is 13.0 Å². The summed E-state index contributed by atoms with van der Waals surface area (Å²) in [4.78, 5) is 17.1. The maximum atomic E-state index is 13.4. The van der Waals surface area contributed by atoms with Gasteiger partial charge >= 0.3 is 0 Å². The minimum Gasteiger partial charge on any atom is -0.497 e. The molecule has 1 N–H and O–H groups in total. The second-order valence-corrected chi connectivity index (χ2v) is 7.44. The van der Waals surface area contributed by atoms with Crippen molar-refractivity contribution in [2.75, 3.05) is 7.11 Å². The van der Waals surface area contributed by atoms with E-state index in [0.717, 1.165) is 22.1 Å². The van der Waals surface area contributed by atoms with Crippen LogP contribution >= 0.6 is 0 Å². The van der Waals surface area contributed by atoms with Gasteiger partial charge in [0.15, 0.2) is 0 Å². The van der Waals surface area contributed by atoms with Gasteiger partial charge in [-0.1, -0.05) is 36.4 Å². The molecule has 1 amide bonds. The number of hydrogen-bond donors (Lipinski definition) is 1. The minimum absolute atomic E-state index is 0.113. The number of ether oxygens (including phenoxy) is 2. The van der Waals surface area contributed by atoms with Crippen LogP contribution in [0, 0.1) is 5.82 Å². The van der Waals surface area contributed by atoms with Crippen LogP contribution in [0.5, 0.6) is 17.4 Å². The molecule has 1 atom stereocenters. The molecule has 0 radical (unpaired) electrons. The van der Waals surface area contributed by atoms with Gasteiger partial charge in [0.25, 0.3) is 0 Å². The molecule has 0 saturated carbocycles. The monoisotopic (exact) mass is 430 g/mol. The van der Waals surface area contributed by atoms with Gasteiger partial charge in [0.2, 0.25) is 11.8 Å². The van der Waals surface area contributed by atoms with Crippen LogP contribution in [-0.4, -0.2) is 18.0 Å². The molecule has 3 aromatic carbocycles. The highest BCUT2D eigenvalue weighted by Crippen LogP contribution is 2.26. The van der Waals surface area contributed by atoms with Gasteiger partial charge in [0.1, 0.15) is 17.3 Å². The molecule has 0 fully saturated rings. The maximum absolute atomic E-state index is 13.4. The Balaban J connectivity index is 1.45. The number of nitrogens with one attached hydrogen (secondary N) is 1. The first-order valence-corrected chi connectivity index (χ1v) is 10.3. The van der Waals surface area contributed by atoms with Crippen LogP contribution in [0.3, 0.4) is 0 Å². The number of methoxy groups -OCH3 is 1. The lowest BCUT2D eigenvalue weighted by atomic mass is 9.97. The average Bonchev–Trinajstić information content (AvgIpc) is 2.82. The third kappa shape index (κ3) is 4.86. The Morgan fingerprint density at radius 3 is 2.62 bits per heavy atom. The van der Waals surface area contributed by atoms with Crippen molar-refractivity contribution in [1.82, 2.24) is 10.3 Å². The molecule has 162 valence electrons. The molecule has 0 bridgehead atoms. The summed E-state index contributed by atoms with van der Waals surface area (Å²) in [6.07, 6.45) is 1.59. The van der Waals surface area contributed by atoms with Crippen LogP contribution < -0.4 is 14.8 Å². The van der Waals surface area contributed by atoms with Gasteiger partial charge in [-0.05, 0) is 53.6 Å². The second kappa shape index (κ2) is 9.47. The van der Waals surface area contributed by atoms with E-state index < -0.39 is 5.82 Å².